The molecule has 3 aliphatic rings. The van der Waals surface area contributed by atoms with Gasteiger partial charge in [-0.05, 0) is 48.3 Å². The highest BCUT2D eigenvalue weighted by Gasteiger charge is 2.51. The molecule has 1 heterocycles. The Morgan fingerprint density at radius 2 is 2.00 bits per heavy atom. The van der Waals surface area contributed by atoms with Gasteiger partial charge in [-0.1, -0.05) is 40.0 Å². The lowest BCUT2D eigenvalue weighted by Gasteiger charge is -2.58. The fourth-order valence-electron chi connectivity index (χ4n) is 5.98. The summed E-state index contributed by atoms with van der Waals surface area (Å²) in [7, 11) is 0. The van der Waals surface area contributed by atoms with E-state index in [0.717, 1.165) is 38.1 Å². The molecule has 2 heteroatoms. The van der Waals surface area contributed by atoms with Gasteiger partial charge in [-0.25, -0.2) is 0 Å². The van der Waals surface area contributed by atoms with Gasteiger partial charge in [0.25, 0.3) is 0 Å². The highest BCUT2D eigenvalue weighted by Crippen LogP contribution is 2.60. The summed E-state index contributed by atoms with van der Waals surface area (Å²) in [5.41, 5.74) is 1.21. The average Bonchev–Trinajstić information content (AvgIpc) is 2.43. The van der Waals surface area contributed by atoms with Crippen LogP contribution in [0.2, 0.25) is 0 Å². The van der Waals surface area contributed by atoms with E-state index in [1.807, 2.05) is 0 Å². The van der Waals surface area contributed by atoms with E-state index in [2.05, 4.69) is 25.7 Å². The van der Waals surface area contributed by atoms with Crippen molar-refractivity contribution in [2.24, 2.45) is 22.7 Å². The number of hydrogen-bond donors (Lipinski definition) is 0. The van der Waals surface area contributed by atoms with Crippen molar-refractivity contribution < 1.29 is 4.74 Å². The number of ether oxygens (including phenoxy) is 1. The van der Waals surface area contributed by atoms with Crippen LogP contribution in [0.15, 0.2) is 0 Å². The van der Waals surface area contributed by atoms with E-state index in [-0.39, 0.29) is 0 Å². The molecular formula is C19H35NO. The van der Waals surface area contributed by atoms with Gasteiger partial charge in [-0.3, -0.25) is 4.90 Å². The SMILES string of the molecule is CCCC1(CN2CCOCC2)C[C@@H]2CCCC(C)(C1)C2C. The van der Waals surface area contributed by atoms with Gasteiger partial charge in [0.05, 0.1) is 13.2 Å². The fraction of sp³-hybridized carbons (Fsp3) is 1.00. The molecule has 2 saturated carbocycles. The number of fused-ring (bicyclic) bond motifs is 2. The molecule has 1 saturated heterocycles. The smallest absolute Gasteiger partial charge is 0.0594 e. The molecule has 0 aromatic rings. The van der Waals surface area contributed by atoms with Crippen molar-refractivity contribution in [1.82, 2.24) is 4.90 Å². The molecule has 0 N–H and O–H groups in total. The van der Waals surface area contributed by atoms with E-state index in [9.17, 15) is 0 Å². The normalized spacial score (nSPS) is 44.7. The largest absolute Gasteiger partial charge is 0.379 e. The lowest BCUT2D eigenvalue weighted by atomic mass is 9.49. The minimum absolute atomic E-state index is 0.596. The topological polar surface area (TPSA) is 12.5 Å². The first kappa shape index (κ1) is 15.8. The van der Waals surface area contributed by atoms with Gasteiger partial charge in [0, 0.05) is 19.6 Å². The Balaban J connectivity index is 1.77. The quantitative estimate of drug-likeness (QED) is 0.764. The minimum Gasteiger partial charge on any atom is -0.379 e. The molecule has 21 heavy (non-hydrogen) atoms. The van der Waals surface area contributed by atoms with Crippen LogP contribution in [0.3, 0.4) is 0 Å². The Morgan fingerprint density at radius 1 is 1.24 bits per heavy atom. The molecule has 0 spiro atoms. The van der Waals surface area contributed by atoms with E-state index in [4.69, 9.17) is 4.74 Å². The lowest BCUT2D eigenvalue weighted by Crippen LogP contribution is -2.52. The third-order valence-corrected chi connectivity index (χ3v) is 7.05. The molecule has 0 amide bonds. The van der Waals surface area contributed by atoms with Crippen molar-refractivity contribution in [1.29, 1.82) is 0 Å². The summed E-state index contributed by atoms with van der Waals surface area (Å²) < 4.78 is 5.55. The molecule has 0 aromatic heterocycles. The summed E-state index contributed by atoms with van der Waals surface area (Å²) in [6, 6.07) is 0. The summed E-state index contributed by atoms with van der Waals surface area (Å²) in [6.45, 7) is 13.1. The van der Waals surface area contributed by atoms with Gasteiger partial charge in [-0.15, -0.1) is 0 Å². The second-order valence-corrected chi connectivity index (χ2v) is 8.61. The van der Waals surface area contributed by atoms with E-state index in [1.54, 1.807) is 0 Å². The van der Waals surface area contributed by atoms with Gasteiger partial charge in [0.15, 0.2) is 0 Å². The van der Waals surface area contributed by atoms with Crippen molar-refractivity contribution >= 4 is 0 Å². The van der Waals surface area contributed by atoms with Crippen LogP contribution in [-0.2, 0) is 4.74 Å². The fourth-order valence-corrected chi connectivity index (χ4v) is 5.98. The molecule has 2 nitrogen and oxygen atoms in total. The van der Waals surface area contributed by atoms with E-state index < -0.39 is 0 Å². The van der Waals surface area contributed by atoms with Crippen molar-refractivity contribution in [3.05, 3.63) is 0 Å². The molecular weight excluding hydrogens is 258 g/mol. The first-order chi connectivity index (χ1) is 10.1. The summed E-state index contributed by atoms with van der Waals surface area (Å²) in [4.78, 5) is 2.70. The first-order valence-electron chi connectivity index (χ1n) is 9.37. The van der Waals surface area contributed by atoms with Crippen LogP contribution in [0.4, 0.5) is 0 Å². The summed E-state index contributed by atoms with van der Waals surface area (Å²) in [5, 5.41) is 0. The monoisotopic (exact) mass is 293 g/mol. The van der Waals surface area contributed by atoms with E-state index in [1.165, 1.54) is 51.5 Å². The zero-order valence-electron chi connectivity index (χ0n) is 14.5. The Morgan fingerprint density at radius 3 is 2.67 bits per heavy atom. The van der Waals surface area contributed by atoms with Crippen molar-refractivity contribution in [2.45, 2.75) is 65.7 Å². The highest BCUT2D eigenvalue weighted by molar-refractivity contribution is 5.02. The third kappa shape index (κ3) is 3.17. The molecule has 3 unspecified atom stereocenters. The second kappa shape index (κ2) is 6.20. The van der Waals surface area contributed by atoms with Gasteiger partial charge in [0.1, 0.15) is 0 Å². The van der Waals surface area contributed by atoms with Crippen LogP contribution in [0.5, 0.6) is 0 Å². The Labute approximate surface area is 131 Å². The molecule has 0 aromatic carbocycles. The maximum atomic E-state index is 5.55. The van der Waals surface area contributed by atoms with E-state index >= 15 is 0 Å². The molecule has 4 atom stereocenters. The molecule has 3 fully saturated rings. The predicted octanol–water partition coefficient (Wildman–Crippen LogP) is 4.34. The molecule has 2 aliphatic carbocycles. The Hall–Kier alpha value is -0.0800. The van der Waals surface area contributed by atoms with Crippen LogP contribution < -0.4 is 0 Å². The van der Waals surface area contributed by atoms with Crippen LogP contribution in [0, 0.1) is 22.7 Å². The van der Waals surface area contributed by atoms with Gasteiger partial charge >= 0.3 is 0 Å². The number of rotatable bonds is 4. The zero-order valence-corrected chi connectivity index (χ0v) is 14.5. The Kier molecular flexibility index (Phi) is 4.66. The van der Waals surface area contributed by atoms with Crippen molar-refractivity contribution in [3.8, 4) is 0 Å². The van der Waals surface area contributed by atoms with Gasteiger partial charge < -0.3 is 4.74 Å². The van der Waals surface area contributed by atoms with Crippen LogP contribution in [0.25, 0.3) is 0 Å². The highest BCUT2D eigenvalue weighted by atomic mass is 16.5. The first-order valence-corrected chi connectivity index (χ1v) is 9.37. The van der Waals surface area contributed by atoms with Gasteiger partial charge in [0.2, 0.25) is 0 Å². The molecule has 2 bridgehead atoms. The summed E-state index contributed by atoms with van der Waals surface area (Å²) in [5.74, 6) is 1.94. The molecule has 122 valence electrons. The number of nitrogens with zero attached hydrogens (tertiary/aromatic N) is 1. The lowest BCUT2D eigenvalue weighted by molar-refractivity contribution is -0.0841. The zero-order chi connectivity index (χ0) is 14.9. The van der Waals surface area contributed by atoms with Gasteiger partial charge in [-0.2, -0.15) is 0 Å². The van der Waals surface area contributed by atoms with Crippen LogP contribution in [-0.4, -0.2) is 37.7 Å². The van der Waals surface area contributed by atoms with Crippen molar-refractivity contribution in [3.63, 3.8) is 0 Å². The van der Waals surface area contributed by atoms with Crippen molar-refractivity contribution in [2.75, 3.05) is 32.8 Å². The van der Waals surface area contributed by atoms with Crippen LogP contribution >= 0.6 is 0 Å². The predicted molar refractivity (Wildman–Crippen MR) is 88.4 cm³/mol. The standard InChI is InChI=1S/C19H35NO/c1-4-7-19(15-20-9-11-21-12-10-20)13-17-6-5-8-18(3,14-19)16(17)2/h16-17H,4-15H2,1-3H3/t16?,17-,18?,19?/m0/s1. The molecule has 1 aliphatic heterocycles. The van der Waals surface area contributed by atoms with E-state index in [0.29, 0.717) is 10.8 Å². The second-order valence-electron chi connectivity index (χ2n) is 8.61. The molecule has 3 rings (SSSR count). The summed E-state index contributed by atoms with van der Waals surface area (Å²) >= 11 is 0. The number of morpholine rings is 1. The summed E-state index contributed by atoms with van der Waals surface area (Å²) in [6.07, 6.45) is 10.2. The average molecular weight is 293 g/mol. The third-order valence-electron chi connectivity index (χ3n) is 7.05. The number of hydrogen-bond acceptors (Lipinski definition) is 2. The maximum absolute atomic E-state index is 5.55. The molecule has 0 radical (unpaired) electrons. The van der Waals surface area contributed by atoms with Crippen LogP contribution in [0.1, 0.15) is 65.7 Å². The minimum atomic E-state index is 0.596. The Bertz CT molecular complexity index is 351. The maximum Gasteiger partial charge on any atom is 0.0594 e.